The first-order valence-electron chi connectivity index (χ1n) is 8.34. The number of rotatable bonds is 3. The van der Waals surface area contributed by atoms with Crippen LogP contribution in [0.2, 0.25) is 0 Å². The SMILES string of the molecule is C[C@]1(O)C[C@@H](Nc2ncc3c(-c4ccc5nccn5c4)c[nH]c3n2)C1. The number of H-pyrrole nitrogens is 1. The molecule has 5 rings (SSSR count). The Balaban J connectivity index is 1.46. The topological polar surface area (TPSA) is 91.1 Å². The Morgan fingerprint density at radius 2 is 2.20 bits per heavy atom. The highest BCUT2D eigenvalue weighted by Crippen LogP contribution is 2.33. The zero-order valence-corrected chi connectivity index (χ0v) is 13.8. The van der Waals surface area contributed by atoms with E-state index in [1.165, 1.54) is 0 Å². The number of pyridine rings is 1. The largest absolute Gasteiger partial charge is 0.390 e. The van der Waals surface area contributed by atoms with Crippen molar-refractivity contribution in [2.45, 2.75) is 31.4 Å². The van der Waals surface area contributed by atoms with Crippen molar-refractivity contribution in [3.63, 3.8) is 0 Å². The minimum absolute atomic E-state index is 0.227. The van der Waals surface area contributed by atoms with E-state index in [0.717, 1.165) is 40.6 Å². The maximum Gasteiger partial charge on any atom is 0.224 e. The summed E-state index contributed by atoms with van der Waals surface area (Å²) in [6.07, 6.45) is 11.0. The Morgan fingerprint density at radius 3 is 3.04 bits per heavy atom. The Bertz CT molecular complexity index is 1070. The van der Waals surface area contributed by atoms with Gasteiger partial charge in [-0.05, 0) is 31.9 Å². The van der Waals surface area contributed by atoms with Gasteiger partial charge >= 0.3 is 0 Å². The van der Waals surface area contributed by atoms with Crippen LogP contribution < -0.4 is 5.32 Å². The molecule has 7 heteroatoms. The molecule has 0 saturated heterocycles. The smallest absolute Gasteiger partial charge is 0.224 e. The fourth-order valence-electron chi connectivity index (χ4n) is 3.58. The van der Waals surface area contributed by atoms with Gasteiger partial charge in [-0.15, -0.1) is 0 Å². The van der Waals surface area contributed by atoms with E-state index in [1.54, 1.807) is 6.20 Å². The van der Waals surface area contributed by atoms with E-state index >= 15 is 0 Å². The lowest BCUT2D eigenvalue weighted by Crippen LogP contribution is -2.48. The Labute approximate surface area is 143 Å². The molecule has 1 saturated carbocycles. The first-order chi connectivity index (χ1) is 12.1. The number of hydrogen-bond acceptors (Lipinski definition) is 5. The van der Waals surface area contributed by atoms with E-state index < -0.39 is 5.60 Å². The van der Waals surface area contributed by atoms with Crippen LogP contribution in [0.15, 0.2) is 43.1 Å². The fraction of sp³-hybridized carbons (Fsp3) is 0.278. The molecule has 25 heavy (non-hydrogen) atoms. The highest BCUT2D eigenvalue weighted by Gasteiger charge is 2.38. The van der Waals surface area contributed by atoms with E-state index in [9.17, 15) is 5.11 Å². The number of hydrogen-bond donors (Lipinski definition) is 3. The molecule has 7 nitrogen and oxygen atoms in total. The molecule has 0 bridgehead atoms. The molecule has 0 spiro atoms. The zero-order valence-electron chi connectivity index (χ0n) is 13.8. The molecule has 0 unspecified atom stereocenters. The van der Waals surface area contributed by atoms with Gasteiger partial charge in [0.05, 0.1) is 5.60 Å². The number of aromatic amines is 1. The number of nitrogens with one attached hydrogen (secondary N) is 2. The van der Waals surface area contributed by atoms with Gasteiger partial charge in [0.2, 0.25) is 5.95 Å². The third kappa shape index (κ3) is 2.44. The normalized spacial score (nSPS) is 23.0. The van der Waals surface area contributed by atoms with Crippen molar-refractivity contribution >= 4 is 22.6 Å². The molecule has 0 atom stereocenters. The third-order valence-electron chi connectivity index (χ3n) is 4.84. The summed E-state index contributed by atoms with van der Waals surface area (Å²) in [4.78, 5) is 16.5. The molecule has 3 N–H and O–H groups in total. The third-order valence-corrected chi connectivity index (χ3v) is 4.84. The van der Waals surface area contributed by atoms with Crippen LogP contribution in [0.4, 0.5) is 5.95 Å². The van der Waals surface area contributed by atoms with E-state index in [-0.39, 0.29) is 6.04 Å². The van der Waals surface area contributed by atoms with Crippen molar-refractivity contribution in [2.24, 2.45) is 0 Å². The fourth-order valence-corrected chi connectivity index (χ4v) is 3.58. The lowest BCUT2D eigenvalue weighted by Gasteiger charge is -2.41. The summed E-state index contributed by atoms with van der Waals surface area (Å²) in [7, 11) is 0. The lowest BCUT2D eigenvalue weighted by molar-refractivity contribution is -0.0235. The number of aliphatic hydroxyl groups is 1. The van der Waals surface area contributed by atoms with E-state index in [0.29, 0.717) is 5.95 Å². The van der Waals surface area contributed by atoms with Crippen LogP contribution in [-0.2, 0) is 0 Å². The van der Waals surface area contributed by atoms with Crippen molar-refractivity contribution in [2.75, 3.05) is 5.32 Å². The predicted molar refractivity (Wildman–Crippen MR) is 95.3 cm³/mol. The van der Waals surface area contributed by atoms with Crippen molar-refractivity contribution in [3.8, 4) is 11.1 Å². The lowest BCUT2D eigenvalue weighted by atomic mass is 9.77. The van der Waals surface area contributed by atoms with Gasteiger partial charge in [0.25, 0.3) is 0 Å². The molecule has 0 radical (unpaired) electrons. The maximum absolute atomic E-state index is 9.83. The number of anilines is 1. The average Bonchev–Trinajstić information content (AvgIpc) is 3.18. The van der Waals surface area contributed by atoms with Crippen LogP contribution in [0.3, 0.4) is 0 Å². The summed E-state index contributed by atoms with van der Waals surface area (Å²) in [5.74, 6) is 0.589. The zero-order chi connectivity index (χ0) is 17.0. The standard InChI is InChI=1S/C18H18N6O/c1-18(25)6-12(7-18)22-17-21-9-14-13(8-20-16(14)23-17)11-2-3-15-19-4-5-24(15)10-11/h2-5,8-10,12,25H,6-7H2,1H3,(H2,20,21,22,23)/t12-,18+. The van der Waals surface area contributed by atoms with E-state index in [4.69, 9.17) is 0 Å². The van der Waals surface area contributed by atoms with Gasteiger partial charge in [-0.2, -0.15) is 4.98 Å². The second-order valence-corrected chi connectivity index (χ2v) is 7.02. The summed E-state index contributed by atoms with van der Waals surface area (Å²) in [5, 5.41) is 14.1. The molecule has 1 aliphatic carbocycles. The minimum Gasteiger partial charge on any atom is -0.390 e. The second-order valence-electron chi connectivity index (χ2n) is 7.02. The Kier molecular flexibility index (Phi) is 2.90. The number of aromatic nitrogens is 5. The predicted octanol–water partition coefficient (Wildman–Crippen LogP) is 2.60. The number of nitrogens with zero attached hydrogens (tertiary/aromatic N) is 4. The maximum atomic E-state index is 9.83. The van der Waals surface area contributed by atoms with Gasteiger partial charge in [0, 0.05) is 53.5 Å². The molecule has 4 aromatic rings. The van der Waals surface area contributed by atoms with Crippen LogP contribution in [0.5, 0.6) is 0 Å². The average molecular weight is 334 g/mol. The van der Waals surface area contributed by atoms with Gasteiger partial charge < -0.3 is 19.8 Å². The minimum atomic E-state index is -0.562. The summed E-state index contributed by atoms with van der Waals surface area (Å²) in [6, 6.07) is 4.27. The first kappa shape index (κ1) is 14.4. The van der Waals surface area contributed by atoms with Crippen molar-refractivity contribution in [3.05, 3.63) is 43.1 Å². The molecule has 0 aliphatic heterocycles. The number of imidazole rings is 1. The van der Waals surface area contributed by atoms with Crippen LogP contribution >= 0.6 is 0 Å². The van der Waals surface area contributed by atoms with Crippen LogP contribution in [0.25, 0.3) is 27.8 Å². The van der Waals surface area contributed by atoms with Crippen LogP contribution in [-0.4, -0.2) is 41.1 Å². The van der Waals surface area contributed by atoms with Crippen molar-refractivity contribution < 1.29 is 5.11 Å². The van der Waals surface area contributed by atoms with Gasteiger partial charge in [-0.25, -0.2) is 9.97 Å². The summed E-state index contributed by atoms with van der Waals surface area (Å²) >= 11 is 0. The summed E-state index contributed by atoms with van der Waals surface area (Å²) in [5.41, 5.74) is 3.29. The van der Waals surface area contributed by atoms with Gasteiger partial charge in [0.1, 0.15) is 11.3 Å². The molecule has 0 aromatic carbocycles. The van der Waals surface area contributed by atoms with Crippen molar-refractivity contribution in [1.29, 1.82) is 0 Å². The summed E-state index contributed by atoms with van der Waals surface area (Å²) < 4.78 is 1.99. The second kappa shape index (κ2) is 5.03. The quantitative estimate of drug-likeness (QED) is 0.536. The Morgan fingerprint density at radius 1 is 1.32 bits per heavy atom. The monoisotopic (exact) mass is 334 g/mol. The van der Waals surface area contributed by atoms with Crippen LogP contribution in [0.1, 0.15) is 19.8 Å². The molecular formula is C18H18N6O. The number of fused-ring (bicyclic) bond motifs is 2. The first-order valence-corrected chi connectivity index (χ1v) is 8.34. The molecular weight excluding hydrogens is 316 g/mol. The van der Waals surface area contributed by atoms with Gasteiger partial charge in [0.15, 0.2) is 0 Å². The molecule has 1 aliphatic rings. The molecule has 1 fully saturated rings. The van der Waals surface area contributed by atoms with Gasteiger partial charge in [-0.1, -0.05) is 0 Å². The summed E-state index contributed by atoms with van der Waals surface area (Å²) in [6.45, 7) is 1.85. The Hall–Kier alpha value is -2.93. The van der Waals surface area contributed by atoms with Crippen LogP contribution in [0, 0.1) is 0 Å². The molecule has 4 heterocycles. The van der Waals surface area contributed by atoms with E-state index in [1.807, 2.05) is 48.2 Å². The highest BCUT2D eigenvalue weighted by atomic mass is 16.3. The van der Waals surface area contributed by atoms with Crippen molar-refractivity contribution in [1.82, 2.24) is 24.3 Å². The van der Waals surface area contributed by atoms with Gasteiger partial charge in [-0.3, -0.25) is 0 Å². The molecule has 4 aromatic heterocycles. The van der Waals surface area contributed by atoms with E-state index in [2.05, 4.69) is 25.3 Å². The molecule has 126 valence electrons. The highest BCUT2D eigenvalue weighted by molar-refractivity contribution is 5.93. The molecule has 0 amide bonds.